The molecule has 2 aliphatic carbocycles. The Bertz CT molecular complexity index is 1140. The molecule has 1 aliphatic heterocycles. The van der Waals surface area contributed by atoms with E-state index in [-0.39, 0.29) is 18.5 Å². The van der Waals surface area contributed by atoms with Crippen molar-refractivity contribution in [2.24, 2.45) is 5.92 Å². The minimum atomic E-state index is -1.24. The second-order valence-corrected chi connectivity index (χ2v) is 10.0. The summed E-state index contributed by atoms with van der Waals surface area (Å²) in [6.07, 6.45) is 6.93. The van der Waals surface area contributed by atoms with Crippen molar-refractivity contribution in [1.82, 2.24) is 15.1 Å². The number of nitrogens with one attached hydrogen (secondary N) is 1. The van der Waals surface area contributed by atoms with Gasteiger partial charge in [-0.1, -0.05) is 64.8 Å². The molecule has 0 bridgehead atoms. The number of imide groups is 1. The van der Waals surface area contributed by atoms with Gasteiger partial charge in [-0.15, -0.1) is 0 Å². The Kier molecular flexibility index (Phi) is 5.60. The number of fused-ring (bicyclic) bond motifs is 2. The van der Waals surface area contributed by atoms with Gasteiger partial charge >= 0.3 is 6.03 Å². The third-order valence-electron chi connectivity index (χ3n) is 7.22. The Hall–Kier alpha value is -2.93. The fourth-order valence-corrected chi connectivity index (χ4v) is 5.39. The standard InChI is InChI=1S/C26H26BrN3O3/c1-17(19-8-5-9-19)29(15-18-6-3-2-4-7-18)23(31)16-30-24(32)26(28-25(30)33)13-12-20-14-21(27)10-11-22(20)26/h2-4,6-7,10-14,17,19H,5,8-9,15-16H2,1H3,(H,28,33). The smallest absolute Gasteiger partial charge is 0.326 e. The molecular weight excluding hydrogens is 482 g/mol. The van der Waals surface area contributed by atoms with Crippen molar-refractivity contribution < 1.29 is 14.4 Å². The summed E-state index contributed by atoms with van der Waals surface area (Å²) < 4.78 is 0.897. The van der Waals surface area contributed by atoms with Crippen molar-refractivity contribution >= 4 is 39.9 Å². The minimum Gasteiger partial charge on any atom is -0.334 e. The van der Waals surface area contributed by atoms with Crippen LogP contribution in [0, 0.1) is 5.92 Å². The number of carbonyl (C=O) groups excluding carboxylic acids is 3. The van der Waals surface area contributed by atoms with Gasteiger partial charge in [0.25, 0.3) is 5.91 Å². The normalized spacial score (nSPS) is 22.3. The van der Waals surface area contributed by atoms with Crippen LogP contribution in [0.5, 0.6) is 0 Å². The van der Waals surface area contributed by atoms with Crippen LogP contribution in [0.1, 0.15) is 42.9 Å². The molecule has 1 N–H and O–H groups in total. The number of hydrogen-bond acceptors (Lipinski definition) is 3. The summed E-state index contributed by atoms with van der Waals surface area (Å²) in [5, 5.41) is 2.84. The molecule has 2 fully saturated rings. The number of urea groups is 1. The summed E-state index contributed by atoms with van der Waals surface area (Å²) in [5.74, 6) is -0.166. The molecule has 33 heavy (non-hydrogen) atoms. The van der Waals surface area contributed by atoms with E-state index in [0.29, 0.717) is 12.5 Å². The molecule has 2 aromatic rings. The summed E-state index contributed by atoms with van der Waals surface area (Å²) in [5.41, 5.74) is 1.39. The van der Waals surface area contributed by atoms with Crippen molar-refractivity contribution in [3.8, 4) is 0 Å². The van der Waals surface area contributed by atoms with Crippen molar-refractivity contribution in [3.05, 3.63) is 75.8 Å². The van der Waals surface area contributed by atoms with Crippen molar-refractivity contribution in [2.45, 2.75) is 44.3 Å². The number of hydrogen-bond donors (Lipinski definition) is 1. The number of carbonyl (C=O) groups is 3. The van der Waals surface area contributed by atoms with Crippen LogP contribution < -0.4 is 5.32 Å². The number of rotatable bonds is 6. The predicted octanol–water partition coefficient (Wildman–Crippen LogP) is 4.44. The van der Waals surface area contributed by atoms with Crippen LogP contribution in [0.15, 0.2) is 59.1 Å². The lowest BCUT2D eigenvalue weighted by atomic mass is 9.79. The molecule has 2 unspecified atom stereocenters. The summed E-state index contributed by atoms with van der Waals surface area (Å²) in [6.45, 7) is 2.27. The van der Waals surface area contributed by atoms with Crippen molar-refractivity contribution in [3.63, 3.8) is 0 Å². The Labute approximate surface area is 201 Å². The highest BCUT2D eigenvalue weighted by molar-refractivity contribution is 9.10. The van der Waals surface area contributed by atoms with E-state index in [0.717, 1.165) is 38.9 Å². The maximum atomic E-state index is 13.5. The first kappa shape index (κ1) is 21.9. The zero-order valence-corrected chi connectivity index (χ0v) is 20.0. The van der Waals surface area contributed by atoms with Crippen LogP contribution in [-0.2, 0) is 21.7 Å². The highest BCUT2D eigenvalue weighted by Gasteiger charge is 2.54. The van der Waals surface area contributed by atoms with Crippen molar-refractivity contribution in [1.29, 1.82) is 0 Å². The van der Waals surface area contributed by atoms with E-state index in [1.165, 1.54) is 6.42 Å². The first-order valence-corrected chi connectivity index (χ1v) is 12.1. The molecule has 170 valence electrons. The molecule has 1 heterocycles. The molecule has 3 aliphatic rings. The summed E-state index contributed by atoms with van der Waals surface area (Å²) in [4.78, 5) is 42.8. The van der Waals surface area contributed by atoms with Gasteiger partial charge in [0.2, 0.25) is 5.91 Å². The third kappa shape index (κ3) is 3.78. The van der Waals surface area contributed by atoms with Gasteiger partial charge < -0.3 is 10.2 Å². The molecule has 2 atom stereocenters. The van der Waals surface area contributed by atoms with E-state index in [1.54, 1.807) is 6.08 Å². The first-order valence-electron chi connectivity index (χ1n) is 11.4. The van der Waals surface area contributed by atoms with Gasteiger partial charge in [0.05, 0.1) is 0 Å². The van der Waals surface area contributed by atoms with E-state index in [1.807, 2.05) is 59.5 Å². The number of halogens is 1. The molecule has 7 heteroatoms. The SMILES string of the molecule is CC(C1CCC1)N(Cc1ccccc1)C(=O)CN1C(=O)NC2(C=Cc3cc(Br)ccc32)C1=O. The lowest BCUT2D eigenvalue weighted by Gasteiger charge is -2.39. The molecule has 0 radical (unpaired) electrons. The summed E-state index contributed by atoms with van der Waals surface area (Å²) >= 11 is 3.45. The molecule has 1 saturated heterocycles. The Morgan fingerprint density at radius 3 is 2.67 bits per heavy atom. The van der Waals surface area contributed by atoms with Crippen LogP contribution in [0.3, 0.4) is 0 Å². The second kappa shape index (κ2) is 8.45. The number of amides is 4. The molecular formula is C26H26BrN3O3. The maximum absolute atomic E-state index is 13.5. The number of benzene rings is 2. The van der Waals surface area contributed by atoms with Gasteiger partial charge in [-0.25, -0.2) is 4.79 Å². The van der Waals surface area contributed by atoms with Crippen LogP contribution in [0.4, 0.5) is 4.79 Å². The molecule has 5 rings (SSSR count). The molecule has 1 spiro atoms. The van der Waals surface area contributed by atoms with Gasteiger partial charge in [-0.2, -0.15) is 0 Å². The molecule has 6 nitrogen and oxygen atoms in total. The number of nitrogens with zero attached hydrogens (tertiary/aromatic N) is 2. The van der Waals surface area contributed by atoms with Crippen LogP contribution in [0.25, 0.3) is 6.08 Å². The summed E-state index contributed by atoms with van der Waals surface area (Å²) in [6, 6.07) is 15.0. The van der Waals surface area contributed by atoms with Crippen molar-refractivity contribution in [2.75, 3.05) is 6.54 Å². The quantitative estimate of drug-likeness (QED) is 0.587. The molecule has 0 aromatic heterocycles. The summed E-state index contributed by atoms with van der Waals surface area (Å²) in [7, 11) is 0. The fraction of sp³-hybridized carbons (Fsp3) is 0.346. The highest BCUT2D eigenvalue weighted by atomic mass is 79.9. The first-order chi connectivity index (χ1) is 15.9. The molecule has 2 aromatic carbocycles. The van der Waals surface area contributed by atoms with Crippen LogP contribution >= 0.6 is 15.9 Å². The third-order valence-corrected chi connectivity index (χ3v) is 7.71. The molecule has 4 amide bonds. The van der Waals surface area contributed by atoms with Crippen LogP contribution in [-0.4, -0.2) is 40.2 Å². The highest BCUT2D eigenvalue weighted by Crippen LogP contribution is 2.40. The Morgan fingerprint density at radius 2 is 1.97 bits per heavy atom. The predicted molar refractivity (Wildman–Crippen MR) is 129 cm³/mol. The average Bonchev–Trinajstić information content (AvgIpc) is 3.23. The van der Waals surface area contributed by atoms with Gasteiger partial charge in [-0.05, 0) is 60.6 Å². The molecule has 1 saturated carbocycles. The van der Waals surface area contributed by atoms with E-state index in [2.05, 4.69) is 28.2 Å². The fourth-order valence-electron chi connectivity index (χ4n) is 5.01. The van der Waals surface area contributed by atoms with E-state index >= 15 is 0 Å². The minimum absolute atomic E-state index is 0.0469. The average molecular weight is 508 g/mol. The lowest BCUT2D eigenvalue weighted by Crippen LogP contribution is -2.49. The second-order valence-electron chi connectivity index (χ2n) is 9.13. The topological polar surface area (TPSA) is 69.7 Å². The maximum Gasteiger partial charge on any atom is 0.326 e. The van der Waals surface area contributed by atoms with Gasteiger partial charge in [0.15, 0.2) is 5.54 Å². The van der Waals surface area contributed by atoms with Gasteiger partial charge in [0, 0.05) is 17.1 Å². The van der Waals surface area contributed by atoms with Gasteiger partial charge in [-0.3, -0.25) is 14.5 Å². The van der Waals surface area contributed by atoms with E-state index in [4.69, 9.17) is 0 Å². The Balaban J connectivity index is 1.38. The Morgan fingerprint density at radius 1 is 1.21 bits per heavy atom. The van der Waals surface area contributed by atoms with E-state index in [9.17, 15) is 14.4 Å². The monoisotopic (exact) mass is 507 g/mol. The van der Waals surface area contributed by atoms with Gasteiger partial charge in [0.1, 0.15) is 6.54 Å². The van der Waals surface area contributed by atoms with Crippen LogP contribution in [0.2, 0.25) is 0 Å². The zero-order valence-electron chi connectivity index (χ0n) is 18.5. The van der Waals surface area contributed by atoms with E-state index < -0.39 is 17.5 Å². The lowest BCUT2D eigenvalue weighted by molar-refractivity contribution is -0.141. The largest absolute Gasteiger partial charge is 0.334 e. The zero-order chi connectivity index (χ0) is 23.2.